The Balaban J connectivity index is 2.27. The molecule has 1 saturated heterocycles. The highest BCUT2D eigenvalue weighted by molar-refractivity contribution is 6.79. The van der Waals surface area contributed by atoms with Gasteiger partial charge in [-0.15, -0.1) is 0 Å². The second kappa shape index (κ2) is 3.90. The SMILES string of the molecule is C[Si](C)(C)C1NC(=O)C1=Cc1ccccc1. The zero-order valence-electron chi connectivity index (χ0n) is 9.95. The van der Waals surface area contributed by atoms with E-state index in [2.05, 4.69) is 25.0 Å². The maximum absolute atomic E-state index is 11.5. The molecule has 1 aliphatic heterocycles. The minimum absolute atomic E-state index is 0.0938. The van der Waals surface area contributed by atoms with Crippen LogP contribution in [0.1, 0.15) is 5.56 Å². The summed E-state index contributed by atoms with van der Waals surface area (Å²) in [7, 11) is -1.33. The number of nitrogens with one attached hydrogen (secondary N) is 1. The Labute approximate surface area is 97.4 Å². The van der Waals surface area contributed by atoms with Crippen molar-refractivity contribution in [3.05, 3.63) is 41.5 Å². The topological polar surface area (TPSA) is 29.1 Å². The second-order valence-corrected chi connectivity index (χ2v) is 10.6. The number of hydrogen-bond donors (Lipinski definition) is 1. The minimum Gasteiger partial charge on any atom is -0.348 e. The van der Waals surface area contributed by atoms with Gasteiger partial charge in [-0.1, -0.05) is 50.0 Å². The Hall–Kier alpha value is -1.35. The summed E-state index contributed by atoms with van der Waals surface area (Å²) >= 11 is 0. The number of benzene rings is 1. The third-order valence-electron chi connectivity index (χ3n) is 2.84. The molecule has 1 aliphatic rings. The van der Waals surface area contributed by atoms with Gasteiger partial charge in [-0.3, -0.25) is 4.79 Å². The highest BCUT2D eigenvalue weighted by Gasteiger charge is 2.41. The van der Waals surface area contributed by atoms with Crippen molar-refractivity contribution in [1.29, 1.82) is 0 Å². The quantitative estimate of drug-likeness (QED) is 0.473. The summed E-state index contributed by atoms with van der Waals surface area (Å²) < 4.78 is 0. The molecule has 3 heteroatoms. The van der Waals surface area contributed by atoms with Crippen molar-refractivity contribution in [3.8, 4) is 0 Å². The molecule has 0 spiro atoms. The molecule has 1 aromatic carbocycles. The molecule has 0 bridgehead atoms. The van der Waals surface area contributed by atoms with Gasteiger partial charge in [0.05, 0.1) is 13.7 Å². The molecule has 1 N–H and O–H groups in total. The average molecular weight is 231 g/mol. The van der Waals surface area contributed by atoms with E-state index in [0.717, 1.165) is 11.1 Å². The standard InChI is InChI=1S/C13H17NOSi/c1-16(2,3)13-11(12(15)14-13)9-10-7-5-4-6-8-10/h4-9,13H,1-3H3,(H,14,15). The van der Waals surface area contributed by atoms with Crippen LogP contribution in [0.2, 0.25) is 19.6 Å². The normalized spacial score (nSPS) is 22.8. The van der Waals surface area contributed by atoms with Crippen molar-refractivity contribution in [2.24, 2.45) is 0 Å². The summed E-state index contributed by atoms with van der Waals surface area (Å²) in [6.07, 6.45) is 2.02. The molecule has 1 amide bonds. The summed E-state index contributed by atoms with van der Waals surface area (Å²) in [5.41, 5.74) is 2.36. The van der Waals surface area contributed by atoms with E-state index in [1.807, 2.05) is 36.4 Å². The van der Waals surface area contributed by atoms with Gasteiger partial charge in [0.15, 0.2) is 0 Å². The van der Waals surface area contributed by atoms with E-state index in [-0.39, 0.29) is 5.91 Å². The summed E-state index contributed by atoms with van der Waals surface area (Å²) in [6.45, 7) is 6.82. The molecular weight excluding hydrogens is 214 g/mol. The Morgan fingerprint density at radius 1 is 1.19 bits per heavy atom. The van der Waals surface area contributed by atoms with E-state index in [4.69, 9.17) is 0 Å². The summed E-state index contributed by atoms with van der Waals surface area (Å²) in [5.74, 6) is 0.0938. The molecule has 16 heavy (non-hydrogen) atoms. The molecular formula is C13H17NOSi. The maximum atomic E-state index is 11.5. The van der Waals surface area contributed by atoms with E-state index < -0.39 is 8.07 Å². The van der Waals surface area contributed by atoms with Crippen molar-refractivity contribution in [2.75, 3.05) is 0 Å². The molecule has 1 aromatic rings. The number of carbonyl (C=O) groups excluding carboxylic acids is 1. The predicted molar refractivity (Wildman–Crippen MR) is 69.7 cm³/mol. The van der Waals surface area contributed by atoms with Gasteiger partial charge in [-0.05, 0) is 11.6 Å². The highest BCUT2D eigenvalue weighted by Crippen LogP contribution is 2.25. The van der Waals surface area contributed by atoms with E-state index >= 15 is 0 Å². The number of hydrogen-bond acceptors (Lipinski definition) is 1. The Morgan fingerprint density at radius 2 is 1.81 bits per heavy atom. The molecule has 2 nitrogen and oxygen atoms in total. The molecule has 1 heterocycles. The molecule has 0 saturated carbocycles. The van der Waals surface area contributed by atoms with Gasteiger partial charge in [-0.25, -0.2) is 0 Å². The van der Waals surface area contributed by atoms with Crippen LogP contribution < -0.4 is 5.32 Å². The van der Waals surface area contributed by atoms with Crippen LogP contribution in [-0.2, 0) is 4.79 Å². The summed E-state index contributed by atoms with van der Waals surface area (Å²) in [5, 5.41) is 3.01. The van der Waals surface area contributed by atoms with Crippen molar-refractivity contribution in [3.63, 3.8) is 0 Å². The first-order valence-corrected chi connectivity index (χ1v) is 9.14. The fraction of sp³-hybridized carbons (Fsp3) is 0.308. The molecule has 84 valence electrons. The predicted octanol–water partition coefficient (Wildman–Crippen LogP) is 2.45. The molecule has 1 atom stereocenters. The lowest BCUT2D eigenvalue weighted by Gasteiger charge is -2.39. The van der Waals surface area contributed by atoms with Crippen molar-refractivity contribution < 1.29 is 4.79 Å². The fourth-order valence-corrected chi connectivity index (χ4v) is 3.62. The first kappa shape index (κ1) is 11.1. The van der Waals surface area contributed by atoms with Crippen molar-refractivity contribution >= 4 is 20.1 Å². The molecule has 0 aliphatic carbocycles. The zero-order valence-corrected chi connectivity index (χ0v) is 10.9. The fourth-order valence-electron chi connectivity index (χ4n) is 1.91. The van der Waals surface area contributed by atoms with E-state index in [0.29, 0.717) is 5.67 Å². The smallest absolute Gasteiger partial charge is 0.249 e. The highest BCUT2D eigenvalue weighted by atomic mass is 28.3. The van der Waals surface area contributed by atoms with Crippen LogP contribution in [0.25, 0.3) is 6.08 Å². The van der Waals surface area contributed by atoms with E-state index in [9.17, 15) is 4.79 Å². The van der Waals surface area contributed by atoms with Crippen molar-refractivity contribution in [2.45, 2.75) is 25.3 Å². The van der Waals surface area contributed by atoms with Crippen LogP contribution in [0, 0.1) is 0 Å². The van der Waals surface area contributed by atoms with Crippen LogP contribution in [0.3, 0.4) is 0 Å². The van der Waals surface area contributed by atoms with Gasteiger partial charge in [0.1, 0.15) is 0 Å². The Bertz CT molecular complexity index is 431. The Kier molecular flexibility index (Phi) is 2.72. The zero-order chi connectivity index (χ0) is 11.8. The molecule has 0 radical (unpaired) electrons. The summed E-state index contributed by atoms with van der Waals surface area (Å²) in [6, 6.07) is 10.0. The Morgan fingerprint density at radius 3 is 2.31 bits per heavy atom. The third kappa shape index (κ3) is 2.09. The third-order valence-corrected chi connectivity index (χ3v) is 5.02. The van der Waals surface area contributed by atoms with Crippen LogP contribution in [-0.4, -0.2) is 19.6 Å². The molecule has 1 unspecified atom stereocenters. The van der Waals surface area contributed by atoms with Gasteiger partial charge >= 0.3 is 0 Å². The first-order chi connectivity index (χ1) is 7.48. The van der Waals surface area contributed by atoms with E-state index in [1.54, 1.807) is 0 Å². The first-order valence-electron chi connectivity index (χ1n) is 5.56. The lowest BCUT2D eigenvalue weighted by molar-refractivity contribution is -0.121. The lowest BCUT2D eigenvalue weighted by atomic mass is 10.1. The molecule has 2 rings (SSSR count). The largest absolute Gasteiger partial charge is 0.348 e. The van der Waals surface area contributed by atoms with Gasteiger partial charge in [0.25, 0.3) is 0 Å². The number of amides is 1. The van der Waals surface area contributed by atoms with Gasteiger partial charge in [0.2, 0.25) is 5.91 Å². The van der Waals surface area contributed by atoms with Crippen LogP contribution >= 0.6 is 0 Å². The monoisotopic (exact) mass is 231 g/mol. The lowest BCUT2D eigenvalue weighted by Crippen LogP contribution is -2.62. The molecule has 1 fully saturated rings. The van der Waals surface area contributed by atoms with E-state index in [1.165, 1.54) is 0 Å². The van der Waals surface area contributed by atoms with Crippen molar-refractivity contribution in [1.82, 2.24) is 5.32 Å². The number of rotatable bonds is 2. The van der Waals surface area contributed by atoms with Crippen LogP contribution in [0.15, 0.2) is 35.9 Å². The second-order valence-electron chi connectivity index (χ2n) is 5.28. The van der Waals surface area contributed by atoms with Gasteiger partial charge in [-0.2, -0.15) is 0 Å². The molecule has 0 aromatic heterocycles. The summed E-state index contributed by atoms with van der Waals surface area (Å²) in [4.78, 5) is 11.5. The number of carbonyl (C=O) groups is 1. The van der Waals surface area contributed by atoms with Crippen LogP contribution in [0.4, 0.5) is 0 Å². The van der Waals surface area contributed by atoms with Gasteiger partial charge in [0, 0.05) is 5.57 Å². The number of β-lactam (4-membered cyclic amide) rings is 1. The minimum atomic E-state index is -1.33. The van der Waals surface area contributed by atoms with Crippen LogP contribution in [0.5, 0.6) is 0 Å². The average Bonchev–Trinajstić information content (AvgIpc) is 2.22. The maximum Gasteiger partial charge on any atom is 0.249 e. The van der Waals surface area contributed by atoms with Gasteiger partial charge < -0.3 is 5.32 Å².